The molecule has 3 aromatic rings. The number of ether oxygens (including phenoxy) is 1. The van der Waals surface area contributed by atoms with E-state index in [0.717, 1.165) is 10.7 Å². The van der Waals surface area contributed by atoms with Crippen molar-refractivity contribution in [1.29, 1.82) is 0 Å². The Morgan fingerprint density at radius 3 is 2.58 bits per heavy atom. The van der Waals surface area contributed by atoms with Crippen molar-refractivity contribution in [2.24, 2.45) is 7.05 Å². The summed E-state index contributed by atoms with van der Waals surface area (Å²) in [6, 6.07) is 11.5. The second-order valence-corrected chi connectivity index (χ2v) is 7.44. The minimum absolute atomic E-state index is 0.244. The molecular formula is C18H16Cl2FN3OS. The van der Waals surface area contributed by atoms with Crippen molar-refractivity contribution >= 4 is 35.0 Å². The zero-order valence-electron chi connectivity index (χ0n) is 14.1. The highest BCUT2D eigenvalue weighted by Gasteiger charge is 2.18. The third-order valence-corrected chi connectivity index (χ3v) is 5.33. The van der Waals surface area contributed by atoms with Crippen LogP contribution in [-0.2, 0) is 12.8 Å². The van der Waals surface area contributed by atoms with Gasteiger partial charge in [-0.15, -0.1) is 10.2 Å². The zero-order chi connectivity index (χ0) is 18.7. The molecule has 3 rings (SSSR count). The molecule has 1 aromatic heterocycles. The first-order valence-corrected chi connectivity index (χ1v) is 9.56. The fourth-order valence-corrected chi connectivity index (χ4v) is 3.68. The van der Waals surface area contributed by atoms with Gasteiger partial charge < -0.3 is 9.30 Å². The van der Waals surface area contributed by atoms with Gasteiger partial charge in [-0.1, -0.05) is 47.1 Å². The summed E-state index contributed by atoms with van der Waals surface area (Å²) in [7, 11) is 1.88. The van der Waals surface area contributed by atoms with Crippen molar-refractivity contribution in [1.82, 2.24) is 14.8 Å². The van der Waals surface area contributed by atoms with E-state index in [4.69, 9.17) is 27.9 Å². The second-order valence-electron chi connectivity index (χ2n) is 5.65. The number of benzene rings is 2. The van der Waals surface area contributed by atoms with Crippen molar-refractivity contribution in [3.63, 3.8) is 0 Å². The summed E-state index contributed by atoms with van der Waals surface area (Å²) in [5.41, 5.74) is 1.01. The molecule has 0 N–H and O–H groups in total. The Hall–Kier alpha value is -1.76. The summed E-state index contributed by atoms with van der Waals surface area (Å²) < 4.78 is 20.7. The van der Waals surface area contributed by atoms with Crippen LogP contribution in [0.25, 0.3) is 0 Å². The van der Waals surface area contributed by atoms with Crippen molar-refractivity contribution < 1.29 is 9.13 Å². The summed E-state index contributed by atoms with van der Waals surface area (Å²) >= 11 is 13.6. The van der Waals surface area contributed by atoms with Gasteiger partial charge in [0.25, 0.3) is 0 Å². The second kappa shape index (κ2) is 8.29. The third-order valence-electron chi connectivity index (χ3n) is 3.71. The van der Waals surface area contributed by atoms with E-state index in [9.17, 15) is 4.39 Å². The highest BCUT2D eigenvalue weighted by Crippen LogP contribution is 2.31. The Labute approximate surface area is 165 Å². The van der Waals surface area contributed by atoms with E-state index < -0.39 is 0 Å². The Morgan fingerprint density at radius 1 is 1.15 bits per heavy atom. The summed E-state index contributed by atoms with van der Waals surface area (Å²) in [4.78, 5) is 0. The van der Waals surface area contributed by atoms with Crippen LogP contribution in [0.1, 0.15) is 24.4 Å². The molecule has 1 heterocycles. The smallest absolute Gasteiger partial charge is 0.191 e. The van der Waals surface area contributed by atoms with Gasteiger partial charge in [-0.2, -0.15) is 0 Å². The topological polar surface area (TPSA) is 39.9 Å². The van der Waals surface area contributed by atoms with E-state index in [1.165, 1.54) is 23.9 Å². The molecule has 0 fully saturated rings. The highest BCUT2D eigenvalue weighted by atomic mass is 35.5. The lowest BCUT2D eigenvalue weighted by molar-refractivity contribution is 0.211. The van der Waals surface area contributed by atoms with Gasteiger partial charge in [0.05, 0.1) is 5.02 Å². The quantitative estimate of drug-likeness (QED) is 0.488. The Morgan fingerprint density at radius 2 is 1.88 bits per heavy atom. The van der Waals surface area contributed by atoms with Gasteiger partial charge in [-0.3, -0.25) is 0 Å². The molecule has 0 amide bonds. The maximum Gasteiger partial charge on any atom is 0.191 e. The van der Waals surface area contributed by atoms with Crippen molar-refractivity contribution in [3.8, 4) is 5.75 Å². The van der Waals surface area contributed by atoms with E-state index in [0.29, 0.717) is 27.4 Å². The van der Waals surface area contributed by atoms with Gasteiger partial charge >= 0.3 is 0 Å². The molecule has 4 nitrogen and oxygen atoms in total. The SMILES string of the molecule is CC(Oc1ccc(Cl)cc1Cl)c1nnc(SCc2ccc(F)cc2)n1C. The maximum absolute atomic E-state index is 13.0. The lowest BCUT2D eigenvalue weighted by Gasteiger charge is -2.15. The lowest BCUT2D eigenvalue weighted by Crippen LogP contribution is -2.10. The summed E-state index contributed by atoms with van der Waals surface area (Å²) in [5, 5.41) is 10.2. The van der Waals surface area contributed by atoms with Crippen LogP contribution in [0.3, 0.4) is 0 Å². The maximum atomic E-state index is 13.0. The standard InChI is InChI=1S/C18H16Cl2FN3OS/c1-11(25-16-8-5-13(19)9-15(16)20)17-22-23-18(24(17)2)26-10-12-3-6-14(21)7-4-12/h3-9,11H,10H2,1-2H3. The van der Waals surface area contributed by atoms with Gasteiger partial charge in [-0.05, 0) is 42.8 Å². The molecule has 8 heteroatoms. The fourth-order valence-electron chi connectivity index (χ4n) is 2.35. The van der Waals surface area contributed by atoms with Crippen LogP contribution in [0.4, 0.5) is 4.39 Å². The summed E-state index contributed by atoms with van der Waals surface area (Å²) in [5.74, 6) is 1.64. The van der Waals surface area contributed by atoms with Crippen LogP contribution in [0.5, 0.6) is 5.75 Å². The molecule has 26 heavy (non-hydrogen) atoms. The normalized spacial score (nSPS) is 12.2. The number of hydrogen-bond acceptors (Lipinski definition) is 4. The number of hydrogen-bond donors (Lipinski definition) is 0. The molecule has 1 atom stereocenters. The average molecular weight is 412 g/mol. The van der Waals surface area contributed by atoms with Crippen LogP contribution in [0.2, 0.25) is 10.0 Å². The fraction of sp³-hybridized carbons (Fsp3) is 0.222. The third kappa shape index (κ3) is 4.50. The molecule has 0 saturated heterocycles. The molecule has 0 aliphatic heterocycles. The molecule has 2 aromatic carbocycles. The zero-order valence-corrected chi connectivity index (χ0v) is 16.4. The average Bonchev–Trinajstić information content (AvgIpc) is 2.98. The van der Waals surface area contributed by atoms with Gasteiger partial charge in [0, 0.05) is 17.8 Å². The number of thioether (sulfide) groups is 1. The van der Waals surface area contributed by atoms with E-state index in [-0.39, 0.29) is 11.9 Å². The highest BCUT2D eigenvalue weighted by molar-refractivity contribution is 7.98. The Bertz CT molecular complexity index is 902. The van der Waals surface area contributed by atoms with Crippen molar-refractivity contribution in [2.45, 2.75) is 23.9 Å². The predicted molar refractivity (Wildman–Crippen MR) is 102 cm³/mol. The van der Waals surface area contributed by atoms with Crippen molar-refractivity contribution in [2.75, 3.05) is 0 Å². The largest absolute Gasteiger partial charge is 0.481 e. The minimum atomic E-state index is -0.341. The van der Waals surface area contributed by atoms with E-state index >= 15 is 0 Å². The van der Waals surface area contributed by atoms with Crippen LogP contribution in [0.15, 0.2) is 47.6 Å². The molecule has 0 aliphatic rings. The molecule has 0 radical (unpaired) electrons. The van der Waals surface area contributed by atoms with Crippen LogP contribution < -0.4 is 4.74 Å². The molecule has 0 saturated carbocycles. The van der Waals surface area contributed by atoms with Crippen LogP contribution in [-0.4, -0.2) is 14.8 Å². The minimum Gasteiger partial charge on any atom is -0.481 e. The van der Waals surface area contributed by atoms with Crippen molar-refractivity contribution in [3.05, 3.63) is 69.7 Å². The van der Waals surface area contributed by atoms with Gasteiger partial charge in [0.2, 0.25) is 0 Å². The molecule has 0 aliphatic carbocycles. The van der Waals surface area contributed by atoms with Gasteiger partial charge in [0.15, 0.2) is 17.1 Å². The molecule has 1 unspecified atom stereocenters. The summed E-state index contributed by atoms with van der Waals surface area (Å²) in [6.45, 7) is 1.88. The number of aromatic nitrogens is 3. The monoisotopic (exact) mass is 411 g/mol. The number of nitrogens with zero attached hydrogens (tertiary/aromatic N) is 3. The summed E-state index contributed by atoms with van der Waals surface area (Å²) in [6.07, 6.45) is -0.341. The Kier molecular flexibility index (Phi) is 6.06. The van der Waals surface area contributed by atoms with Gasteiger partial charge in [0.1, 0.15) is 11.6 Å². The molecule has 0 bridgehead atoms. The molecule has 136 valence electrons. The molecule has 0 spiro atoms. The van der Waals surface area contributed by atoms with Crippen LogP contribution in [0, 0.1) is 5.82 Å². The number of halogens is 3. The lowest BCUT2D eigenvalue weighted by atomic mass is 10.2. The van der Waals surface area contributed by atoms with E-state index in [1.807, 2.05) is 18.5 Å². The first-order chi connectivity index (χ1) is 12.4. The molecular weight excluding hydrogens is 396 g/mol. The van der Waals surface area contributed by atoms with Gasteiger partial charge in [-0.25, -0.2) is 4.39 Å². The van der Waals surface area contributed by atoms with E-state index in [1.54, 1.807) is 30.3 Å². The number of rotatable bonds is 6. The predicted octanol–water partition coefficient (Wildman–Crippen LogP) is 5.69. The van der Waals surface area contributed by atoms with Crippen LogP contribution >= 0.6 is 35.0 Å². The van der Waals surface area contributed by atoms with E-state index in [2.05, 4.69) is 10.2 Å². The Balaban J connectivity index is 1.68. The first-order valence-electron chi connectivity index (χ1n) is 7.82. The first kappa shape index (κ1) is 19.0.